The largest absolute Gasteiger partial charge is 0.396 e. The zero-order valence-corrected chi connectivity index (χ0v) is 10.4. The molecule has 0 aromatic heterocycles. The molecule has 1 aromatic rings. The first kappa shape index (κ1) is 15.0. The molecular formula is C13H19F2NO2. The van der Waals surface area contributed by atoms with Crippen LogP contribution in [0.4, 0.5) is 8.78 Å². The van der Waals surface area contributed by atoms with E-state index in [1.54, 1.807) is 0 Å². The molecule has 2 unspecified atom stereocenters. The third-order valence-electron chi connectivity index (χ3n) is 2.90. The van der Waals surface area contributed by atoms with Crippen molar-refractivity contribution in [2.24, 2.45) is 0 Å². The van der Waals surface area contributed by atoms with Crippen LogP contribution in [0, 0.1) is 11.6 Å². The molecule has 1 aromatic carbocycles. The monoisotopic (exact) mass is 259 g/mol. The van der Waals surface area contributed by atoms with Crippen molar-refractivity contribution in [1.82, 2.24) is 5.32 Å². The third kappa shape index (κ3) is 4.33. The van der Waals surface area contributed by atoms with Gasteiger partial charge in [0, 0.05) is 19.2 Å². The Bertz CT molecular complexity index is 374. The van der Waals surface area contributed by atoms with E-state index in [-0.39, 0.29) is 19.2 Å². The van der Waals surface area contributed by atoms with Gasteiger partial charge in [0.15, 0.2) is 11.6 Å². The minimum atomic E-state index is -0.964. The Kier molecular flexibility index (Phi) is 6.18. The highest BCUT2D eigenvalue weighted by Gasteiger charge is 2.12. The Morgan fingerprint density at radius 1 is 1.28 bits per heavy atom. The summed E-state index contributed by atoms with van der Waals surface area (Å²) in [6.45, 7) is 2.29. The zero-order valence-electron chi connectivity index (χ0n) is 10.4. The predicted octanol–water partition coefficient (Wildman–Crippen LogP) is 1.75. The summed E-state index contributed by atoms with van der Waals surface area (Å²) in [5.41, 5.74) is 0.334. The van der Waals surface area contributed by atoms with Crippen molar-refractivity contribution in [3.63, 3.8) is 0 Å². The van der Waals surface area contributed by atoms with Crippen molar-refractivity contribution < 1.29 is 19.0 Å². The molecule has 3 nitrogen and oxygen atoms in total. The van der Waals surface area contributed by atoms with Gasteiger partial charge in [-0.25, -0.2) is 8.78 Å². The summed E-state index contributed by atoms with van der Waals surface area (Å²) in [5, 5.41) is 21.7. The lowest BCUT2D eigenvalue weighted by molar-refractivity contribution is 0.164. The molecule has 0 saturated carbocycles. The summed E-state index contributed by atoms with van der Waals surface area (Å²) in [6.07, 6.45) is 0.527. The number of hydrogen-bond acceptors (Lipinski definition) is 3. The van der Waals surface area contributed by atoms with E-state index in [0.717, 1.165) is 18.6 Å². The van der Waals surface area contributed by atoms with Crippen LogP contribution in [0.15, 0.2) is 18.2 Å². The van der Waals surface area contributed by atoms with Crippen LogP contribution in [0.1, 0.15) is 31.4 Å². The van der Waals surface area contributed by atoms with Gasteiger partial charge in [-0.2, -0.15) is 0 Å². The number of benzene rings is 1. The van der Waals surface area contributed by atoms with Crippen molar-refractivity contribution in [2.45, 2.75) is 31.9 Å². The lowest BCUT2D eigenvalue weighted by Crippen LogP contribution is -2.33. The van der Waals surface area contributed by atoms with Crippen molar-refractivity contribution in [3.05, 3.63) is 35.4 Å². The molecular weight excluding hydrogens is 240 g/mol. The molecule has 0 saturated heterocycles. The highest BCUT2D eigenvalue weighted by atomic mass is 19.2. The highest BCUT2D eigenvalue weighted by Crippen LogP contribution is 2.16. The van der Waals surface area contributed by atoms with Crippen LogP contribution >= 0.6 is 0 Å². The number of halogens is 2. The average Bonchev–Trinajstić information content (AvgIpc) is 2.37. The van der Waals surface area contributed by atoms with Crippen LogP contribution in [0.3, 0.4) is 0 Å². The Balaban J connectivity index is 2.53. The fraction of sp³-hybridized carbons (Fsp3) is 0.538. The van der Waals surface area contributed by atoms with Gasteiger partial charge < -0.3 is 15.5 Å². The normalized spacial score (nSPS) is 14.5. The first-order valence-corrected chi connectivity index (χ1v) is 6.05. The maximum atomic E-state index is 13.0. The molecule has 0 aliphatic heterocycles. The van der Waals surface area contributed by atoms with Crippen molar-refractivity contribution in [1.29, 1.82) is 0 Å². The van der Waals surface area contributed by atoms with Gasteiger partial charge in [-0.15, -0.1) is 0 Å². The Hall–Kier alpha value is -1.04. The molecule has 0 fully saturated rings. The Labute approximate surface area is 105 Å². The summed E-state index contributed by atoms with van der Waals surface area (Å²) < 4.78 is 25.7. The smallest absolute Gasteiger partial charge is 0.159 e. The third-order valence-corrected chi connectivity index (χ3v) is 2.90. The number of aliphatic hydroxyl groups is 2. The summed E-state index contributed by atoms with van der Waals surface area (Å²) in [6, 6.07) is 3.46. The molecule has 0 amide bonds. The molecule has 0 aliphatic rings. The molecule has 2 atom stereocenters. The zero-order chi connectivity index (χ0) is 13.5. The van der Waals surface area contributed by atoms with Gasteiger partial charge in [0.2, 0.25) is 0 Å². The van der Waals surface area contributed by atoms with E-state index in [9.17, 15) is 13.9 Å². The lowest BCUT2D eigenvalue weighted by atomic mass is 10.1. The van der Waals surface area contributed by atoms with E-state index < -0.39 is 17.7 Å². The highest BCUT2D eigenvalue weighted by molar-refractivity contribution is 5.20. The fourth-order valence-corrected chi connectivity index (χ4v) is 1.72. The van der Waals surface area contributed by atoms with E-state index in [1.807, 2.05) is 6.92 Å². The summed E-state index contributed by atoms with van der Waals surface area (Å²) in [5.74, 6) is -1.89. The number of rotatable bonds is 7. The SMILES string of the molecule is CCC(CCO)NCC(O)c1ccc(F)c(F)c1. The van der Waals surface area contributed by atoms with Crippen LogP contribution < -0.4 is 5.32 Å². The molecule has 102 valence electrons. The van der Waals surface area contributed by atoms with Gasteiger partial charge in [0.05, 0.1) is 6.10 Å². The molecule has 5 heteroatoms. The predicted molar refractivity (Wildman–Crippen MR) is 65.1 cm³/mol. The minimum Gasteiger partial charge on any atom is -0.396 e. The first-order chi connectivity index (χ1) is 8.58. The van der Waals surface area contributed by atoms with Gasteiger partial charge in [-0.3, -0.25) is 0 Å². The van der Waals surface area contributed by atoms with Crippen LogP contribution in [0.2, 0.25) is 0 Å². The van der Waals surface area contributed by atoms with Gasteiger partial charge in [0.25, 0.3) is 0 Å². The molecule has 0 heterocycles. The molecule has 3 N–H and O–H groups in total. The van der Waals surface area contributed by atoms with E-state index >= 15 is 0 Å². The van der Waals surface area contributed by atoms with Crippen molar-refractivity contribution in [3.8, 4) is 0 Å². The maximum Gasteiger partial charge on any atom is 0.159 e. The average molecular weight is 259 g/mol. The van der Waals surface area contributed by atoms with Crippen LogP contribution in [-0.2, 0) is 0 Å². The van der Waals surface area contributed by atoms with E-state index in [1.165, 1.54) is 6.07 Å². The summed E-state index contributed by atoms with van der Waals surface area (Å²) in [4.78, 5) is 0. The number of hydrogen-bond donors (Lipinski definition) is 3. The fourth-order valence-electron chi connectivity index (χ4n) is 1.72. The molecule has 0 spiro atoms. The second-order valence-corrected chi connectivity index (χ2v) is 4.22. The maximum absolute atomic E-state index is 13.0. The molecule has 0 radical (unpaired) electrons. The quantitative estimate of drug-likeness (QED) is 0.699. The summed E-state index contributed by atoms with van der Waals surface area (Å²) in [7, 11) is 0. The van der Waals surface area contributed by atoms with Gasteiger partial charge in [-0.05, 0) is 30.5 Å². The van der Waals surface area contributed by atoms with E-state index in [4.69, 9.17) is 5.11 Å². The van der Waals surface area contributed by atoms with Crippen molar-refractivity contribution in [2.75, 3.05) is 13.2 Å². The van der Waals surface area contributed by atoms with Gasteiger partial charge in [0.1, 0.15) is 0 Å². The molecule has 0 bridgehead atoms. The topological polar surface area (TPSA) is 52.5 Å². The van der Waals surface area contributed by atoms with Crippen LogP contribution in [0.25, 0.3) is 0 Å². The number of aliphatic hydroxyl groups excluding tert-OH is 2. The van der Waals surface area contributed by atoms with E-state index in [0.29, 0.717) is 12.0 Å². The van der Waals surface area contributed by atoms with Gasteiger partial charge >= 0.3 is 0 Å². The minimum absolute atomic E-state index is 0.0762. The lowest BCUT2D eigenvalue weighted by Gasteiger charge is -2.19. The summed E-state index contributed by atoms with van der Waals surface area (Å²) >= 11 is 0. The van der Waals surface area contributed by atoms with E-state index in [2.05, 4.69) is 5.32 Å². The Morgan fingerprint density at radius 3 is 2.56 bits per heavy atom. The standard InChI is InChI=1S/C13H19F2NO2/c1-2-10(5-6-17)16-8-13(18)9-3-4-11(14)12(15)7-9/h3-4,7,10,13,16-18H,2,5-6,8H2,1H3. The molecule has 0 aliphatic carbocycles. The first-order valence-electron chi connectivity index (χ1n) is 6.05. The van der Waals surface area contributed by atoms with Gasteiger partial charge in [-0.1, -0.05) is 13.0 Å². The second-order valence-electron chi connectivity index (χ2n) is 4.22. The number of nitrogens with one attached hydrogen (secondary N) is 1. The van der Waals surface area contributed by atoms with Crippen molar-refractivity contribution >= 4 is 0 Å². The van der Waals surface area contributed by atoms with Crippen LogP contribution in [0.5, 0.6) is 0 Å². The Morgan fingerprint density at radius 2 is 2.00 bits per heavy atom. The second kappa shape index (κ2) is 7.41. The van der Waals surface area contributed by atoms with Crippen LogP contribution in [-0.4, -0.2) is 29.4 Å². The molecule has 1 rings (SSSR count). The molecule has 18 heavy (non-hydrogen) atoms.